The van der Waals surface area contributed by atoms with Gasteiger partial charge in [-0.05, 0) is 6.92 Å². The SMILES string of the molecule is C#CCC(NC(=O)NCC(=O)NCC)C(=O)O. The first-order valence-corrected chi connectivity index (χ1v) is 4.98. The number of carbonyl (C=O) groups excluding carboxylic acids is 2. The molecule has 7 nitrogen and oxygen atoms in total. The zero-order valence-electron chi connectivity index (χ0n) is 9.45. The summed E-state index contributed by atoms with van der Waals surface area (Å²) in [7, 11) is 0. The number of carbonyl (C=O) groups is 3. The standard InChI is InChI=1S/C10H15N3O4/c1-3-5-7(9(15)16)13-10(17)12-6-8(14)11-4-2/h1,7H,4-6H2,2H3,(H,11,14)(H,15,16)(H2,12,13,17). The van der Waals surface area contributed by atoms with Gasteiger partial charge in [0.2, 0.25) is 5.91 Å². The molecule has 1 unspecified atom stereocenters. The Hall–Kier alpha value is -2.23. The summed E-state index contributed by atoms with van der Waals surface area (Å²) in [5.74, 6) is 0.556. The third-order valence-electron chi connectivity index (χ3n) is 1.71. The molecule has 0 aliphatic heterocycles. The first-order chi connectivity index (χ1) is 8.01. The van der Waals surface area contributed by atoms with Crippen LogP contribution in [-0.4, -0.2) is 42.1 Å². The van der Waals surface area contributed by atoms with E-state index in [1.54, 1.807) is 6.92 Å². The molecule has 0 spiro atoms. The molecule has 94 valence electrons. The fourth-order valence-electron chi connectivity index (χ4n) is 0.947. The fourth-order valence-corrected chi connectivity index (χ4v) is 0.947. The number of hydrogen-bond acceptors (Lipinski definition) is 3. The molecule has 17 heavy (non-hydrogen) atoms. The van der Waals surface area contributed by atoms with Crippen molar-refractivity contribution in [1.29, 1.82) is 0 Å². The number of terminal acetylenes is 1. The Balaban J connectivity index is 4.03. The van der Waals surface area contributed by atoms with E-state index in [1.807, 2.05) is 0 Å². The molecule has 0 heterocycles. The van der Waals surface area contributed by atoms with E-state index in [0.717, 1.165) is 0 Å². The van der Waals surface area contributed by atoms with Crippen LogP contribution >= 0.6 is 0 Å². The second-order valence-electron chi connectivity index (χ2n) is 3.08. The van der Waals surface area contributed by atoms with Crippen LogP contribution < -0.4 is 16.0 Å². The van der Waals surface area contributed by atoms with Crippen molar-refractivity contribution in [2.75, 3.05) is 13.1 Å². The van der Waals surface area contributed by atoms with Gasteiger partial charge in [-0.3, -0.25) is 4.79 Å². The zero-order chi connectivity index (χ0) is 13.3. The maximum atomic E-state index is 11.2. The molecule has 0 radical (unpaired) electrons. The Morgan fingerprint density at radius 1 is 1.35 bits per heavy atom. The summed E-state index contributed by atoms with van der Waals surface area (Å²) >= 11 is 0. The highest BCUT2D eigenvalue weighted by Gasteiger charge is 2.18. The molecule has 0 aromatic rings. The third-order valence-corrected chi connectivity index (χ3v) is 1.71. The number of carboxylic acids is 1. The van der Waals surface area contributed by atoms with E-state index < -0.39 is 18.0 Å². The molecule has 3 amide bonds. The molecule has 0 fully saturated rings. The van der Waals surface area contributed by atoms with E-state index in [0.29, 0.717) is 6.54 Å². The van der Waals surface area contributed by atoms with Crippen molar-refractivity contribution < 1.29 is 19.5 Å². The lowest BCUT2D eigenvalue weighted by molar-refractivity contribution is -0.139. The zero-order valence-corrected chi connectivity index (χ0v) is 9.45. The molecule has 0 aromatic heterocycles. The van der Waals surface area contributed by atoms with Crippen LogP contribution in [0.5, 0.6) is 0 Å². The minimum atomic E-state index is -1.23. The maximum absolute atomic E-state index is 11.2. The van der Waals surface area contributed by atoms with Crippen LogP contribution in [0.4, 0.5) is 4.79 Å². The van der Waals surface area contributed by atoms with Crippen molar-refractivity contribution in [1.82, 2.24) is 16.0 Å². The van der Waals surface area contributed by atoms with Crippen molar-refractivity contribution in [3.8, 4) is 12.3 Å². The van der Waals surface area contributed by atoms with Crippen LogP contribution in [0, 0.1) is 12.3 Å². The van der Waals surface area contributed by atoms with Gasteiger partial charge < -0.3 is 21.1 Å². The summed E-state index contributed by atoms with van der Waals surface area (Å²) in [5, 5.41) is 15.5. The molecule has 0 bridgehead atoms. The van der Waals surface area contributed by atoms with E-state index in [9.17, 15) is 14.4 Å². The Kier molecular flexibility index (Phi) is 6.94. The first-order valence-electron chi connectivity index (χ1n) is 4.98. The molecule has 0 saturated heterocycles. The second kappa shape index (κ2) is 7.98. The fraction of sp³-hybridized carbons (Fsp3) is 0.500. The number of rotatable bonds is 6. The van der Waals surface area contributed by atoms with Crippen molar-refractivity contribution in [3.63, 3.8) is 0 Å². The summed E-state index contributed by atoms with van der Waals surface area (Å²) in [6.45, 7) is 1.98. The summed E-state index contributed by atoms with van der Waals surface area (Å²) in [6.07, 6.45) is 4.83. The molecule has 0 aliphatic rings. The molecule has 7 heteroatoms. The molecule has 1 atom stereocenters. The molecule has 0 aromatic carbocycles. The van der Waals surface area contributed by atoms with Gasteiger partial charge >= 0.3 is 12.0 Å². The van der Waals surface area contributed by atoms with Gasteiger partial charge in [-0.25, -0.2) is 9.59 Å². The molecular weight excluding hydrogens is 226 g/mol. The predicted molar refractivity (Wildman–Crippen MR) is 60.1 cm³/mol. The van der Waals surface area contributed by atoms with Crippen LogP contribution in [0.2, 0.25) is 0 Å². The number of nitrogens with one attached hydrogen (secondary N) is 3. The number of likely N-dealkylation sites (N-methyl/N-ethyl adjacent to an activating group) is 1. The topological polar surface area (TPSA) is 108 Å². The minimum absolute atomic E-state index is 0.121. The lowest BCUT2D eigenvalue weighted by atomic mass is 10.2. The summed E-state index contributed by atoms with van der Waals surface area (Å²) < 4.78 is 0. The van der Waals surface area contributed by atoms with Crippen molar-refractivity contribution in [3.05, 3.63) is 0 Å². The monoisotopic (exact) mass is 241 g/mol. The Morgan fingerprint density at radius 2 is 2.00 bits per heavy atom. The van der Waals surface area contributed by atoms with Crippen molar-refractivity contribution in [2.45, 2.75) is 19.4 Å². The normalized spacial score (nSPS) is 10.8. The van der Waals surface area contributed by atoms with Crippen molar-refractivity contribution in [2.24, 2.45) is 0 Å². The lowest BCUT2D eigenvalue weighted by Crippen LogP contribution is -2.48. The van der Waals surface area contributed by atoms with Gasteiger partial charge in [0, 0.05) is 13.0 Å². The highest BCUT2D eigenvalue weighted by molar-refractivity contribution is 5.86. The van der Waals surface area contributed by atoms with E-state index in [1.165, 1.54) is 0 Å². The highest BCUT2D eigenvalue weighted by Crippen LogP contribution is 1.90. The summed E-state index contributed by atoms with van der Waals surface area (Å²) in [4.78, 5) is 32.8. The Bertz CT molecular complexity index is 335. The summed E-state index contributed by atoms with van der Waals surface area (Å²) in [6, 6.07) is -1.91. The van der Waals surface area contributed by atoms with E-state index >= 15 is 0 Å². The van der Waals surface area contributed by atoms with Crippen LogP contribution in [0.25, 0.3) is 0 Å². The molecular formula is C10H15N3O4. The average Bonchev–Trinajstić information content (AvgIpc) is 2.26. The van der Waals surface area contributed by atoms with Gasteiger partial charge in [-0.1, -0.05) is 0 Å². The highest BCUT2D eigenvalue weighted by atomic mass is 16.4. The first kappa shape index (κ1) is 14.8. The van der Waals surface area contributed by atoms with Crippen LogP contribution in [0.3, 0.4) is 0 Å². The second-order valence-corrected chi connectivity index (χ2v) is 3.08. The smallest absolute Gasteiger partial charge is 0.327 e. The molecule has 0 saturated carbocycles. The number of amides is 3. The Labute approximate surface area is 99.0 Å². The molecule has 4 N–H and O–H groups in total. The van der Waals surface area contributed by atoms with Gasteiger partial charge in [0.15, 0.2) is 0 Å². The van der Waals surface area contributed by atoms with Gasteiger partial charge in [0.1, 0.15) is 6.04 Å². The number of carboxylic acid groups (broad SMARTS) is 1. The lowest BCUT2D eigenvalue weighted by Gasteiger charge is -2.12. The quantitative estimate of drug-likeness (QED) is 0.443. The van der Waals surface area contributed by atoms with Crippen molar-refractivity contribution >= 4 is 17.9 Å². The number of hydrogen-bond donors (Lipinski definition) is 4. The maximum Gasteiger partial charge on any atom is 0.327 e. The minimum Gasteiger partial charge on any atom is -0.480 e. The molecule has 0 aliphatic carbocycles. The van der Waals surface area contributed by atoms with Gasteiger partial charge in [-0.2, -0.15) is 0 Å². The van der Waals surface area contributed by atoms with Crippen LogP contribution in [0.1, 0.15) is 13.3 Å². The Morgan fingerprint density at radius 3 is 2.47 bits per heavy atom. The van der Waals surface area contributed by atoms with Gasteiger partial charge in [0.05, 0.1) is 6.54 Å². The largest absolute Gasteiger partial charge is 0.480 e. The predicted octanol–water partition coefficient (Wildman–Crippen LogP) is -1.10. The van der Waals surface area contributed by atoms with E-state index in [2.05, 4.69) is 21.9 Å². The number of aliphatic carboxylic acids is 1. The number of urea groups is 1. The van der Waals surface area contributed by atoms with E-state index in [-0.39, 0.29) is 18.9 Å². The van der Waals surface area contributed by atoms with Crippen LogP contribution in [0.15, 0.2) is 0 Å². The molecule has 0 rings (SSSR count). The average molecular weight is 241 g/mol. The van der Waals surface area contributed by atoms with Gasteiger partial charge in [0.25, 0.3) is 0 Å². The van der Waals surface area contributed by atoms with Crippen LogP contribution in [-0.2, 0) is 9.59 Å². The third kappa shape index (κ3) is 6.78. The van der Waals surface area contributed by atoms with E-state index in [4.69, 9.17) is 11.5 Å². The summed E-state index contributed by atoms with van der Waals surface area (Å²) in [5.41, 5.74) is 0. The van der Waals surface area contributed by atoms with Gasteiger partial charge in [-0.15, -0.1) is 12.3 Å².